The molecule has 1 aromatic heterocycles. The molecule has 10 heteroatoms. The fourth-order valence-corrected chi connectivity index (χ4v) is 3.90. The predicted octanol–water partition coefficient (Wildman–Crippen LogP) is 3.84. The molecule has 0 spiro atoms. The highest BCUT2D eigenvalue weighted by molar-refractivity contribution is 7.99. The van der Waals surface area contributed by atoms with Gasteiger partial charge in [-0.25, -0.2) is 14.1 Å². The van der Waals surface area contributed by atoms with Crippen molar-refractivity contribution in [3.8, 4) is 17.1 Å². The Hall–Kier alpha value is -4.18. The van der Waals surface area contributed by atoms with Crippen LogP contribution < -0.4 is 10.6 Å². The van der Waals surface area contributed by atoms with Crippen molar-refractivity contribution in [3.05, 3.63) is 90.2 Å². The van der Waals surface area contributed by atoms with E-state index in [2.05, 4.69) is 20.7 Å². The molecule has 8 nitrogen and oxygen atoms in total. The summed E-state index contributed by atoms with van der Waals surface area (Å²) in [5.41, 5.74) is 1.84. The maximum Gasteiger partial charge on any atom is 0.242 e. The fourth-order valence-electron chi connectivity index (χ4n) is 3.16. The van der Waals surface area contributed by atoms with Gasteiger partial charge in [0.05, 0.1) is 11.3 Å². The summed E-state index contributed by atoms with van der Waals surface area (Å²) in [5, 5.41) is 20.5. The molecule has 2 amide bonds. The SMILES string of the molecule is O=C(Cn1nc(-c2ccccc2O)nc1SCC(=O)Nc1ccc(F)cc1)NCc1ccccc1. The van der Waals surface area contributed by atoms with E-state index in [0.717, 1.165) is 17.3 Å². The Kier molecular flexibility index (Phi) is 7.74. The van der Waals surface area contributed by atoms with E-state index in [0.29, 0.717) is 23.0 Å². The largest absolute Gasteiger partial charge is 0.507 e. The molecule has 35 heavy (non-hydrogen) atoms. The number of rotatable bonds is 9. The molecule has 0 aliphatic carbocycles. The van der Waals surface area contributed by atoms with Crippen LogP contribution in [0.1, 0.15) is 5.56 Å². The van der Waals surface area contributed by atoms with Gasteiger partial charge in [0.2, 0.25) is 11.8 Å². The number of halogens is 1. The van der Waals surface area contributed by atoms with Gasteiger partial charge in [0.25, 0.3) is 0 Å². The first-order valence-electron chi connectivity index (χ1n) is 10.7. The van der Waals surface area contributed by atoms with Gasteiger partial charge in [0, 0.05) is 12.2 Å². The minimum Gasteiger partial charge on any atom is -0.507 e. The summed E-state index contributed by atoms with van der Waals surface area (Å²) in [4.78, 5) is 29.4. The van der Waals surface area contributed by atoms with Crippen LogP contribution in [0.5, 0.6) is 5.75 Å². The van der Waals surface area contributed by atoms with Crippen LogP contribution in [-0.4, -0.2) is 37.4 Å². The number of aromatic hydroxyl groups is 1. The summed E-state index contributed by atoms with van der Waals surface area (Å²) < 4.78 is 14.5. The Morgan fingerprint density at radius 2 is 1.66 bits per heavy atom. The molecule has 0 radical (unpaired) electrons. The number of benzene rings is 3. The molecule has 0 bridgehead atoms. The quantitative estimate of drug-likeness (QED) is 0.307. The van der Waals surface area contributed by atoms with Gasteiger partial charge in [-0.15, -0.1) is 5.10 Å². The number of aromatic nitrogens is 3. The maximum absolute atomic E-state index is 13.1. The Morgan fingerprint density at radius 3 is 2.40 bits per heavy atom. The molecule has 0 aliphatic heterocycles. The van der Waals surface area contributed by atoms with Gasteiger partial charge in [-0.3, -0.25) is 9.59 Å². The van der Waals surface area contributed by atoms with Crippen LogP contribution in [0.2, 0.25) is 0 Å². The number of phenols is 1. The van der Waals surface area contributed by atoms with Gasteiger partial charge < -0.3 is 15.7 Å². The Labute approximate surface area is 205 Å². The molecular formula is C25H22FN5O3S. The molecule has 0 aliphatic rings. The number of thioether (sulfide) groups is 1. The van der Waals surface area contributed by atoms with Crippen LogP contribution in [0.25, 0.3) is 11.4 Å². The molecule has 0 saturated carbocycles. The first kappa shape index (κ1) is 24.0. The topological polar surface area (TPSA) is 109 Å². The Balaban J connectivity index is 1.46. The standard InChI is InChI=1S/C25H22FN5O3S/c26-18-10-12-19(13-11-18)28-23(34)16-35-25-29-24(20-8-4-5-9-21(20)32)30-31(25)15-22(33)27-14-17-6-2-1-3-7-17/h1-13,32H,14-16H2,(H,27,33)(H,28,34). The van der Waals surface area contributed by atoms with Crippen molar-refractivity contribution in [1.29, 1.82) is 0 Å². The van der Waals surface area contributed by atoms with E-state index < -0.39 is 5.82 Å². The summed E-state index contributed by atoms with van der Waals surface area (Å²) in [6, 6.07) is 21.6. The molecule has 4 rings (SSSR count). The van der Waals surface area contributed by atoms with Gasteiger partial charge in [-0.2, -0.15) is 0 Å². The number of nitrogens with one attached hydrogen (secondary N) is 2. The minimum absolute atomic E-state index is 0.00350. The van der Waals surface area contributed by atoms with Crippen molar-refractivity contribution in [3.63, 3.8) is 0 Å². The maximum atomic E-state index is 13.1. The lowest BCUT2D eigenvalue weighted by Gasteiger charge is -2.08. The summed E-state index contributed by atoms with van der Waals surface area (Å²) in [6.45, 7) is 0.249. The summed E-state index contributed by atoms with van der Waals surface area (Å²) in [7, 11) is 0. The third kappa shape index (κ3) is 6.67. The zero-order chi connectivity index (χ0) is 24.6. The second-order valence-corrected chi connectivity index (χ2v) is 8.44. The molecular weight excluding hydrogens is 469 g/mol. The normalized spacial score (nSPS) is 10.7. The first-order valence-corrected chi connectivity index (χ1v) is 11.7. The molecule has 3 aromatic carbocycles. The summed E-state index contributed by atoms with van der Waals surface area (Å²) >= 11 is 1.10. The highest BCUT2D eigenvalue weighted by Gasteiger charge is 2.18. The fraction of sp³-hybridized carbons (Fsp3) is 0.120. The molecule has 0 unspecified atom stereocenters. The number of anilines is 1. The van der Waals surface area contributed by atoms with Gasteiger partial charge in [0.1, 0.15) is 18.1 Å². The van der Waals surface area contributed by atoms with E-state index in [1.807, 2.05) is 30.3 Å². The molecule has 4 aromatic rings. The van der Waals surface area contributed by atoms with Crippen molar-refractivity contribution in [2.75, 3.05) is 11.1 Å². The number of phenolic OH excluding ortho intramolecular Hbond substituents is 1. The number of para-hydroxylation sites is 1. The van der Waals surface area contributed by atoms with E-state index in [1.54, 1.807) is 18.2 Å². The van der Waals surface area contributed by atoms with E-state index in [4.69, 9.17) is 0 Å². The van der Waals surface area contributed by atoms with E-state index >= 15 is 0 Å². The number of carbonyl (C=O) groups excluding carboxylic acids is 2. The van der Waals surface area contributed by atoms with Gasteiger partial charge in [-0.05, 0) is 42.0 Å². The van der Waals surface area contributed by atoms with Crippen LogP contribution in [0.15, 0.2) is 84.0 Å². The molecule has 178 valence electrons. The average molecular weight is 492 g/mol. The van der Waals surface area contributed by atoms with Crippen molar-refractivity contribution >= 4 is 29.3 Å². The highest BCUT2D eigenvalue weighted by atomic mass is 32.2. The third-order valence-corrected chi connectivity index (χ3v) is 5.84. The second-order valence-electron chi connectivity index (χ2n) is 7.50. The van der Waals surface area contributed by atoms with Crippen molar-refractivity contribution in [2.45, 2.75) is 18.2 Å². The lowest BCUT2D eigenvalue weighted by molar-refractivity contribution is -0.122. The van der Waals surface area contributed by atoms with E-state index in [-0.39, 0.29) is 35.7 Å². The van der Waals surface area contributed by atoms with Crippen LogP contribution in [-0.2, 0) is 22.7 Å². The molecule has 1 heterocycles. The molecule has 0 saturated heterocycles. The lowest BCUT2D eigenvalue weighted by Crippen LogP contribution is -2.28. The number of carbonyl (C=O) groups is 2. The van der Waals surface area contributed by atoms with Crippen LogP contribution in [0, 0.1) is 5.82 Å². The predicted molar refractivity (Wildman–Crippen MR) is 131 cm³/mol. The first-order chi connectivity index (χ1) is 17.0. The Morgan fingerprint density at radius 1 is 0.943 bits per heavy atom. The van der Waals surface area contributed by atoms with Crippen molar-refractivity contribution in [2.24, 2.45) is 0 Å². The monoisotopic (exact) mass is 491 g/mol. The summed E-state index contributed by atoms with van der Waals surface area (Å²) in [5.74, 6) is -0.770. The van der Waals surface area contributed by atoms with Crippen LogP contribution >= 0.6 is 11.8 Å². The van der Waals surface area contributed by atoms with Gasteiger partial charge in [-0.1, -0.05) is 54.2 Å². The highest BCUT2D eigenvalue weighted by Crippen LogP contribution is 2.28. The van der Waals surface area contributed by atoms with Crippen LogP contribution in [0.4, 0.5) is 10.1 Å². The van der Waals surface area contributed by atoms with E-state index in [1.165, 1.54) is 35.0 Å². The van der Waals surface area contributed by atoms with Gasteiger partial charge >= 0.3 is 0 Å². The zero-order valence-electron chi connectivity index (χ0n) is 18.5. The van der Waals surface area contributed by atoms with Crippen molar-refractivity contribution < 1.29 is 19.1 Å². The van der Waals surface area contributed by atoms with E-state index in [9.17, 15) is 19.1 Å². The zero-order valence-corrected chi connectivity index (χ0v) is 19.3. The van der Waals surface area contributed by atoms with Crippen LogP contribution in [0.3, 0.4) is 0 Å². The number of hydrogen-bond acceptors (Lipinski definition) is 6. The minimum atomic E-state index is -0.396. The average Bonchev–Trinajstić information content (AvgIpc) is 3.26. The molecule has 0 atom stereocenters. The number of amides is 2. The molecule has 3 N–H and O–H groups in total. The van der Waals surface area contributed by atoms with Gasteiger partial charge in [0.15, 0.2) is 11.0 Å². The third-order valence-electron chi connectivity index (χ3n) is 4.87. The lowest BCUT2D eigenvalue weighted by atomic mass is 10.2. The number of hydrogen-bond donors (Lipinski definition) is 3. The van der Waals surface area contributed by atoms with Crippen molar-refractivity contribution in [1.82, 2.24) is 20.1 Å². The summed E-state index contributed by atoms with van der Waals surface area (Å²) in [6.07, 6.45) is 0. The smallest absolute Gasteiger partial charge is 0.242 e. The second kappa shape index (κ2) is 11.3. The Bertz CT molecular complexity index is 1310. The molecule has 0 fully saturated rings. The number of nitrogens with zero attached hydrogens (tertiary/aromatic N) is 3.